The Labute approximate surface area is 219 Å². The van der Waals surface area contributed by atoms with E-state index in [1.165, 1.54) is 0 Å². The van der Waals surface area contributed by atoms with Crippen LogP contribution in [0.1, 0.15) is 0 Å². The third-order valence-electron chi connectivity index (χ3n) is 0. The van der Waals surface area contributed by atoms with Gasteiger partial charge in [-0.1, -0.05) is 0 Å². The fourth-order valence-electron chi connectivity index (χ4n) is 0. The third kappa shape index (κ3) is 18.3. The van der Waals surface area contributed by atoms with Gasteiger partial charge < -0.3 is 0 Å². The van der Waals surface area contributed by atoms with E-state index in [2.05, 4.69) is 0 Å². The predicted octanol–water partition coefficient (Wildman–Crippen LogP) is -3.51. The second-order valence-corrected chi connectivity index (χ2v) is 0. The van der Waals surface area contributed by atoms with Crippen LogP contribution in [-0.2, 0) is 0 Å². The van der Waals surface area contributed by atoms with Crippen molar-refractivity contribution in [2.45, 2.75) is 0 Å². The molecule has 0 nitrogen and oxygen atoms in total. The quantitative estimate of drug-likeness (QED) is 0.345. The maximum Gasteiger partial charge on any atom is 0.316 e. The number of rotatable bonds is 0. The maximum absolute atomic E-state index is 0. The molecule has 0 unspecified atom stereocenters. The van der Waals surface area contributed by atoms with Gasteiger partial charge in [0.25, 0.3) is 0 Å². The molecule has 0 saturated carbocycles. The molecule has 0 N–H and O–H groups in total. The van der Waals surface area contributed by atoms with Gasteiger partial charge in [-0.15, -0.1) is 0 Å². The Hall–Kier alpha value is 7.31. The summed E-state index contributed by atoms with van der Waals surface area (Å²) in [4.78, 5) is 0. The fraction of sp³-hybridized carbons (Fsp3) is 0. The summed E-state index contributed by atoms with van der Waals surface area (Å²) in [7, 11) is 0. The van der Waals surface area contributed by atoms with E-state index in [9.17, 15) is 0 Å². The summed E-state index contributed by atoms with van der Waals surface area (Å²) in [5, 5.41) is 0. The summed E-state index contributed by atoms with van der Waals surface area (Å²) < 4.78 is 0. The van der Waals surface area contributed by atoms with Crippen LogP contribution in [0.3, 0.4) is 0 Å². The van der Waals surface area contributed by atoms with E-state index >= 15 is 0 Å². The van der Waals surface area contributed by atoms with E-state index in [1.54, 1.807) is 0 Å². The zero-order valence-electron chi connectivity index (χ0n) is 0. The fourth-order valence-corrected chi connectivity index (χ4v) is 0. The van der Waals surface area contributed by atoms with Crippen LogP contribution >= 0.6 is 0 Å². The number of hydrogen-bond acceptors (Lipinski definition) is 0. The first-order valence-electron chi connectivity index (χ1n) is 0. The van der Waals surface area contributed by atoms with E-state index in [4.69, 9.17) is 0 Å². The third-order valence-corrected chi connectivity index (χ3v) is 0. The summed E-state index contributed by atoms with van der Waals surface area (Å²) in [6, 6.07) is 0. The van der Waals surface area contributed by atoms with Crippen LogP contribution in [0, 0.1) is 0 Å². The molecule has 0 radical (unpaired) electrons. The van der Waals surface area contributed by atoms with Gasteiger partial charge in [0.2, 0.25) is 0 Å². The predicted molar refractivity (Wildman–Crippen MR) is 37.1 cm³/mol. The molecule has 0 aromatic carbocycles. The Morgan fingerprint density at radius 3 is 0.400 bits per heavy atom. The summed E-state index contributed by atoms with van der Waals surface area (Å²) in [6.45, 7) is 0. The van der Waals surface area contributed by atoms with Gasteiger partial charge in [-0.2, -0.15) is 0 Å². The van der Waals surface area contributed by atoms with E-state index < -0.39 is 0 Å². The molecule has 0 saturated heterocycles. The van der Waals surface area contributed by atoms with Crippen LogP contribution in [0.4, 0.5) is 0 Å². The standard InChI is InChI=1S/4K.Mg.6H. The zero-order chi connectivity index (χ0) is 0. The van der Waals surface area contributed by atoms with Crippen molar-refractivity contribution in [2.75, 3.05) is 0 Å². The molecular formula is H6K4Mg. The first kappa shape index (κ1) is 29.5. The van der Waals surface area contributed by atoms with Gasteiger partial charge in [-0.3, -0.25) is 0 Å². The first-order chi connectivity index (χ1) is 0. The van der Waals surface area contributed by atoms with Crippen LogP contribution in [0.2, 0.25) is 0 Å². The first-order valence-corrected chi connectivity index (χ1v) is 0. The van der Waals surface area contributed by atoms with E-state index in [0.717, 1.165) is 0 Å². The average Bonchev–Trinajstić information content (AvgIpc) is 0. The molecule has 0 fully saturated rings. The molecule has 0 aliphatic heterocycles. The maximum atomic E-state index is 0. The Morgan fingerprint density at radius 2 is 0.400 bits per heavy atom. The normalized spacial score (nSPS) is 0. The largest absolute Gasteiger partial charge is 0.316 e. The van der Waals surface area contributed by atoms with Crippen LogP contribution in [-0.4, -0.2) is 229 Å². The number of hydrogen-bond donors (Lipinski definition) is 0. The minimum atomic E-state index is 0. The molecule has 5 heavy (non-hydrogen) atoms. The summed E-state index contributed by atoms with van der Waals surface area (Å²) in [6.07, 6.45) is 0. The Balaban J connectivity index is 0. The van der Waals surface area contributed by atoms with Crippen LogP contribution in [0.25, 0.3) is 0 Å². The Morgan fingerprint density at radius 1 is 0.400 bits per heavy atom. The monoisotopic (exact) mass is 186 g/mol. The van der Waals surface area contributed by atoms with Crippen molar-refractivity contribution >= 4 is 229 Å². The minimum Gasteiger partial charge on any atom is 0.316 e. The summed E-state index contributed by atoms with van der Waals surface area (Å²) in [5.74, 6) is 0. The zero-order valence-corrected chi connectivity index (χ0v) is 0. The molecule has 0 aromatic heterocycles. The Kier molecular flexibility index (Phi) is 133. The molecule has 12 valence electrons. The summed E-state index contributed by atoms with van der Waals surface area (Å²) >= 11 is 0. The van der Waals surface area contributed by atoms with Crippen molar-refractivity contribution < 1.29 is 0 Å². The van der Waals surface area contributed by atoms with Crippen LogP contribution in [0.15, 0.2) is 0 Å². The van der Waals surface area contributed by atoms with Gasteiger partial charge in [-0.05, 0) is 0 Å². The summed E-state index contributed by atoms with van der Waals surface area (Å²) in [5.41, 5.74) is 0. The second-order valence-electron chi connectivity index (χ2n) is 0. The molecular weight excluding hydrogens is 181 g/mol. The van der Waals surface area contributed by atoms with Crippen molar-refractivity contribution in [3.05, 3.63) is 0 Å². The van der Waals surface area contributed by atoms with E-state index in [-0.39, 0.29) is 229 Å². The van der Waals surface area contributed by atoms with Gasteiger partial charge >= 0.3 is 229 Å². The second kappa shape index (κ2) is 22.5. The molecule has 0 rings (SSSR count). The van der Waals surface area contributed by atoms with Gasteiger partial charge in [0, 0.05) is 0 Å². The smallest absolute Gasteiger partial charge is 0.316 e. The van der Waals surface area contributed by atoms with E-state index in [0.29, 0.717) is 0 Å². The molecule has 0 aliphatic carbocycles. The average molecular weight is 187 g/mol. The van der Waals surface area contributed by atoms with Gasteiger partial charge in [0.1, 0.15) is 0 Å². The van der Waals surface area contributed by atoms with Crippen LogP contribution < -0.4 is 0 Å². The van der Waals surface area contributed by atoms with Crippen LogP contribution in [0.5, 0.6) is 0 Å². The molecule has 0 atom stereocenters. The SMILES string of the molecule is [KH].[KH].[KH].[KH].[MgH2]. The van der Waals surface area contributed by atoms with Crippen molar-refractivity contribution in [3.8, 4) is 0 Å². The molecule has 0 aliphatic rings. The van der Waals surface area contributed by atoms with Crippen molar-refractivity contribution in [1.29, 1.82) is 0 Å². The van der Waals surface area contributed by atoms with Crippen molar-refractivity contribution in [2.24, 2.45) is 0 Å². The molecule has 0 amide bonds. The van der Waals surface area contributed by atoms with Gasteiger partial charge in [0.15, 0.2) is 0 Å². The topological polar surface area (TPSA) is 0 Å². The molecule has 0 aromatic rings. The molecule has 0 spiro atoms. The van der Waals surface area contributed by atoms with Crippen molar-refractivity contribution in [1.82, 2.24) is 0 Å². The van der Waals surface area contributed by atoms with Crippen molar-refractivity contribution in [3.63, 3.8) is 0 Å². The molecule has 5 heteroatoms. The van der Waals surface area contributed by atoms with Gasteiger partial charge in [0.05, 0.1) is 0 Å². The minimum absolute atomic E-state index is 0. The Bertz CT molecular complexity index is 3.61. The molecule has 0 heterocycles. The van der Waals surface area contributed by atoms with Gasteiger partial charge in [-0.25, -0.2) is 0 Å². The molecule has 0 bridgehead atoms. The van der Waals surface area contributed by atoms with E-state index in [1.807, 2.05) is 0 Å².